The lowest BCUT2D eigenvalue weighted by molar-refractivity contribution is 0.238. The number of hydrogen-bond acceptors (Lipinski definition) is 4. The van der Waals surface area contributed by atoms with E-state index in [1.54, 1.807) is 26.5 Å². The van der Waals surface area contributed by atoms with Crippen molar-refractivity contribution in [2.45, 2.75) is 12.5 Å². The summed E-state index contributed by atoms with van der Waals surface area (Å²) in [6, 6.07) is 12.3. The van der Waals surface area contributed by atoms with Gasteiger partial charge < -0.3 is 24.7 Å². The van der Waals surface area contributed by atoms with Crippen molar-refractivity contribution in [3.63, 3.8) is 0 Å². The van der Waals surface area contributed by atoms with E-state index >= 15 is 0 Å². The Bertz CT molecular complexity index is 966. The number of imidazole rings is 1. The number of amides is 2. The Morgan fingerprint density at radius 1 is 1.13 bits per heavy atom. The molecule has 3 aromatic rings. The van der Waals surface area contributed by atoms with E-state index in [4.69, 9.17) is 21.1 Å². The van der Waals surface area contributed by atoms with E-state index in [9.17, 15) is 4.79 Å². The normalized spacial score (nSPS) is 11.6. The number of urea groups is 1. The number of ether oxygens (including phenoxy) is 2. The van der Waals surface area contributed by atoms with Crippen LogP contribution in [0, 0.1) is 0 Å². The smallest absolute Gasteiger partial charge is 0.315 e. The van der Waals surface area contributed by atoms with E-state index in [2.05, 4.69) is 15.6 Å². The summed E-state index contributed by atoms with van der Waals surface area (Å²) in [6.07, 6.45) is 4.23. The SMILES string of the molecule is COc1cc(OC)cc([C@H](NC(=O)NCCc2ccc(Cl)cc2)c2nccn2C)c1. The first-order valence-electron chi connectivity index (χ1n) is 9.49. The van der Waals surface area contributed by atoms with Crippen molar-refractivity contribution in [3.05, 3.63) is 76.8 Å². The molecule has 0 saturated heterocycles. The minimum absolute atomic E-state index is 0.293. The van der Waals surface area contributed by atoms with Crippen LogP contribution in [0.25, 0.3) is 0 Å². The zero-order valence-electron chi connectivity index (χ0n) is 17.2. The van der Waals surface area contributed by atoms with Crippen LogP contribution in [0.4, 0.5) is 4.79 Å². The van der Waals surface area contributed by atoms with Crippen LogP contribution in [0.3, 0.4) is 0 Å². The number of nitrogens with one attached hydrogen (secondary N) is 2. The number of aryl methyl sites for hydroxylation is 1. The predicted octanol–water partition coefficient (Wildman–Crippen LogP) is 3.72. The molecule has 0 bridgehead atoms. The van der Waals surface area contributed by atoms with Crippen LogP contribution in [0.1, 0.15) is 23.0 Å². The third-order valence-electron chi connectivity index (χ3n) is 4.71. The number of halogens is 1. The van der Waals surface area contributed by atoms with Crippen molar-refractivity contribution in [2.24, 2.45) is 7.05 Å². The van der Waals surface area contributed by atoms with E-state index in [-0.39, 0.29) is 6.03 Å². The monoisotopic (exact) mass is 428 g/mol. The molecule has 2 aromatic carbocycles. The van der Waals surface area contributed by atoms with Crippen molar-refractivity contribution in [2.75, 3.05) is 20.8 Å². The van der Waals surface area contributed by atoms with Crippen LogP contribution in [-0.2, 0) is 13.5 Å². The standard InChI is InChI=1S/C22H25ClN4O3/c1-27-11-10-24-21(27)20(16-12-18(29-2)14-19(13-16)30-3)26-22(28)25-9-8-15-4-6-17(23)7-5-15/h4-7,10-14,20H,8-9H2,1-3H3,(H2,25,26,28)/t20-/m0/s1. The largest absolute Gasteiger partial charge is 0.497 e. The quantitative estimate of drug-likeness (QED) is 0.573. The molecule has 0 fully saturated rings. The molecular weight excluding hydrogens is 404 g/mol. The number of aromatic nitrogens is 2. The summed E-state index contributed by atoms with van der Waals surface area (Å²) in [5.74, 6) is 1.96. The Hall–Kier alpha value is -3.19. The zero-order chi connectivity index (χ0) is 21.5. The third-order valence-corrected chi connectivity index (χ3v) is 4.96. The van der Waals surface area contributed by atoms with Crippen LogP contribution in [0.2, 0.25) is 5.02 Å². The maximum atomic E-state index is 12.6. The fourth-order valence-electron chi connectivity index (χ4n) is 3.10. The summed E-state index contributed by atoms with van der Waals surface area (Å²) < 4.78 is 12.6. The van der Waals surface area contributed by atoms with Gasteiger partial charge in [-0.1, -0.05) is 23.7 Å². The Morgan fingerprint density at radius 3 is 2.37 bits per heavy atom. The molecule has 1 heterocycles. The van der Waals surface area contributed by atoms with Gasteiger partial charge in [0.25, 0.3) is 0 Å². The van der Waals surface area contributed by atoms with Crippen LogP contribution in [-0.4, -0.2) is 36.3 Å². The molecule has 1 atom stereocenters. The minimum Gasteiger partial charge on any atom is -0.497 e. The summed E-state index contributed by atoms with van der Waals surface area (Å²) in [6.45, 7) is 0.488. The Morgan fingerprint density at radius 2 is 1.80 bits per heavy atom. The van der Waals surface area contributed by atoms with Crippen LogP contribution < -0.4 is 20.1 Å². The lowest BCUT2D eigenvalue weighted by Gasteiger charge is -2.21. The lowest BCUT2D eigenvalue weighted by atomic mass is 10.1. The Kier molecular flexibility index (Phi) is 7.19. The molecule has 30 heavy (non-hydrogen) atoms. The summed E-state index contributed by atoms with van der Waals surface area (Å²) >= 11 is 5.91. The number of carbonyl (C=O) groups excluding carboxylic acids is 1. The van der Waals surface area contributed by atoms with Gasteiger partial charge in [0, 0.05) is 37.1 Å². The van der Waals surface area contributed by atoms with E-state index in [0.717, 1.165) is 11.1 Å². The molecule has 0 spiro atoms. The number of hydrogen-bond donors (Lipinski definition) is 2. The second-order valence-electron chi connectivity index (χ2n) is 6.75. The molecule has 3 rings (SSSR count). The molecule has 0 unspecified atom stereocenters. The molecule has 8 heteroatoms. The molecule has 0 radical (unpaired) electrons. The van der Waals surface area contributed by atoms with Crippen LogP contribution >= 0.6 is 11.6 Å². The molecule has 158 valence electrons. The maximum Gasteiger partial charge on any atom is 0.315 e. The van der Waals surface area contributed by atoms with Gasteiger partial charge in [0.1, 0.15) is 23.4 Å². The fourth-order valence-corrected chi connectivity index (χ4v) is 3.23. The average Bonchev–Trinajstić information content (AvgIpc) is 3.18. The topological polar surface area (TPSA) is 77.4 Å². The third kappa shape index (κ3) is 5.45. The van der Waals surface area contributed by atoms with Gasteiger partial charge in [-0.05, 0) is 41.8 Å². The van der Waals surface area contributed by atoms with Gasteiger partial charge in [-0.25, -0.2) is 9.78 Å². The average molecular weight is 429 g/mol. The van der Waals surface area contributed by atoms with Crippen molar-refractivity contribution >= 4 is 17.6 Å². The first-order chi connectivity index (χ1) is 14.5. The van der Waals surface area contributed by atoms with E-state index in [1.807, 2.05) is 54.2 Å². The number of rotatable bonds is 8. The summed E-state index contributed by atoms with van der Waals surface area (Å²) in [4.78, 5) is 17.1. The molecule has 0 aliphatic carbocycles. The van der Waals surface area contributed by atoms with Gasteiger partial charge in [-0.2, -0.15) is 0 Å². The molecule has 1 aromatic heterocycles. The first-order valence-corrected chi connectivity index (χ1v) is 9.87. The molecule has 0 saturated carbocycles. The van der Waals surface area contributed by atoms with Crippen molar-refractivity contribution in [3.8, 4) is 11.5 Å². The second-order valence-corrected chi connectivity index (χ2v) is 7.19. The lowest BCUT2D eigenvalue weighted by Crippen LogP contribution is -2.40. The molecule has 0 aliphatic heterocycles. The Balaban J connectivity index is 1.74. The second kappa shape index (κ2) is 10.0. The predicted molar refractivity (Wildman–Crippen MR) is 116 cm³/mol. The van der Waals surface area contributed by atoms with Crippen LogP contribution in [0.5, 0.6) is 11.5 Å². The molecule has 7 nitrogen and oxygen atoms in total. The number of carbonyl (C=O) groups is 1. The number of benzene rings is 2. The van der Waals surface area contributed by atoms with Crippen molar-refractivity contribution in [1.82, 2.24) is 20.2 Å². The highest BCUT2D eigenvalue weighted by Gasteiger charge is 2.22. The molecule has 0 aliphatic rings. The summed E-state index contributed by atoms with van der Waals surface area (Å²) in [7, 11) is 5.06. The highest BCUT2D eigenvalue weighted by molar-refractivity contribution is 6.30. The summed E-state index contributed by atoms with van der Waals surface area (Å²) in [5.41, 5.74) is 1.89. The van der Waals surface area contributed by atoms with E-state index in [0.29, 0.717) is 35.3 Å². The zero-order valence-corrected chi connectivity index (χ0v) is 17.9. The maximum absolute atomic E-state index is 12.6. The number of nitrogens with zero attached hydrogens (tertiary/aromatic N) is 2. The molecule has 2 N–H and O–H groups in total. The Labute approximate surface area is 181 Å². The van der Waals surface area contributed by atoms with Crippen molar-refractivity contribution in [1.29, 1.82) is 0 Å². The van der Waals surface area contributed by atoms with Crippen LogP contribution in [0.15, 0.2) is 54.9 Å². The van der Waals surface area contributed by atoms with E-state index in [1.165, 1.54) is 0 Å². The number of methoxy groups -OCH3 is 2. The first kappa shape index (κ1) is 21.5. The molecular formula is C22H25ClN4O3. The fraction of sp³-hybridized carbons (Fsp3) is 0.273. The minimum atomic E-state index is -0.482. The van der Waals surface area contributed by atoms with E-state index < -0.39 is 6.04 Å². The summed E-state index contributed by atoms with van der Waals surface area (Å²) in [5, 5.41) is 6.60. The highest BCUT2D eigenvalue weighted by atomic mass is 35.5. The molecule has 2 amide bonds. The highest BCUT2D eigenvalue weighted by Crippen LogP contribution is 2.29. The van der Waals surface area contributed by atoms with Gasteiger partial charge in [-0.3, -0.25) is 0 Å². The van der Waals surface area contributed by atoms with Gasteiger partial charge in [0.15, 0.2) is 0 Å². The van der Waals surface area contributed by atoms with Gasteiger partial charge in [0.2, 0.25) is 0 Å². The van der Waals surface area contributed by atoms with Gasteiger partial charge in [-0.15, -0.1) is 0 Å². The van der Waals surface area contributed by atoms with Gasteiger partial charge in [0.05, 0.1) is 14.2 Å². The van der Waals surface area contributed by atoms with Gasteiger partial charge >= 0.3 is 6.03 Å². The van der Waals surface area contributed by atoms with Crippen molar-refractivity contribution < 1.29 is 14.3 Å².